The molecule has 1 aromatic carbocycles. The fourth-order valence-electron chi connectivity index (χ4n) is 3.18. The van der Waals surface area contributed by atoms with Gasteiger partial charge in [-0.05, 0) is 49.6 Å². The number of pyridine rings is 1. The Morgan fingerprint density at radius 2 is 1.92 bits per heavy atom. The fraction of sp³-hybridized carbons (Fsp3) is 0.400. The number of nitrogens with zero attached hydrogens (tertiary/aromatic N) is 2. The van der Waals surface area contributed by atoms with Crippen LogP contribution in [-0.2, 0) is 16.8 Å². The van der Waals surface area contributed by atoms with Crippen LogP contribution in [0.25, 0.3) is 0 Å². The minimum atomic E-state index is -0.933. The molecule has 0 radical (unpaired) electrons. The van der Waals surface area contributed by atoms with Crippen LogP contribution in [0.3, 0.4) is 0 Å². The van der Waals surface area contributed by atoms with Gasteiger partial charge in [-0.25, -0.2) is 0 Å². The zero-order valence-electron chi connectivity index (χ0n) is 14.5. The second kappa shape index (κ2) is 7.66. The molecule has 1 fully saturated rings. The molecule has 0 atom stereocenters. The van der Waals surface area contributed by atoms with E-state index >= 15 is 0 Å². The van der Waals surface area contributed by atoms with Crippen molar-refractivity contribution in [3.8, 4) is 5.75 Å². The molecule has 0 spiro atoms. The minimum Gasteiger partial charge on any atom is -0.494 e. The number of rotatable bonds is 5. The van der Waals surface area contributed by atoms with Gasteiger partial charge in [-0.3, -0.25) is 9.78 Å². The highest BCUT2D eigenvalue weighted by molar-refractivity contribution is 5.79. The quantitative estimate of drug-likeness (QED) is 0.908. The maximum absolute atomic E-state index is 12.5. The summed E-state index contributed by atoms with van der Waals surface area (Å²) >= 11 is 0. The molecular formula is C20H24N2O3. The van der Waals surface area contributed by atoms with Crippen molar-refractivity contribution in [2.45, 2.75) is 31.8 Å². The number of carbonyl (C=O) groups excluding carboxylic acids is 1. The van der Waals surface area contributed by atoms with Gasteiger partial charge >= 0.3 is 0 Å². The highest BCUT2D eigenvalue weighted by Crippen LogP contribution is 2.31. The predicted molar refractivity (Wildman–Crippen MR) is 95.3 cm³/mol. The van der Waals surface area contributed by atoms with Gasteiger partial charge in [-0.1, -0.05) is 18.2 Å². The molecule has 1 saturated heterocycles. The number of aromatic nitrogens is 1. The number of carbonyl (C=O) groups is 1. The molecule has 0 unspecified atom stereocenters. The third kappa shape index (κ3) is 4.17. The lowest BCUT2D eigenvalue weighted by atomic mass is 9.87. The van der Waals surface area contributed by atoms with Gasteiger partial charge in [0.1, 0.15) is 11.4 Å². The lowest BCUT2D eigenvalue weighted by molar-refractivity contribution is -0.135. The van der Waals surface area contributed by atoms with Crippen molar-refractivity contribution in [2.75, 3.05) is 19.7 Å². The van der Waals surface area contributed by atoms with Crippen molar-refractivity contribution in [3.63, 3.8) is 0 Å². The first kappa shape index (κ1) is 17.4. The van der Waals surface area contributed by atoms with Gasteiger partial charge in [0.25, 0.3) is 0 Å². The Balaban J connectivity index is 1.56. The van der Waals surface area contributed by atoms with E-state index in [1.807, 2.05) is 54.3 Å². The Labute approximate surface area is 148 Å². The van der Waals surface area contributed by atoms with Crippen LogP contribution in [-0.4, -0.2) is 40.6 Å². The zero-order valence-corrected chi connectivity index (χ0v) is 14.5. The summed E-state index contributed by atoms with van der Waals surface area (Å²) in [5.41, 5.74) is 0.726. The van der Waals surface area contributed by atoms with Crippen molar-refractivity contribution in [2.24, 2.45) is 0 Å². The smallest absolute Gasteiger partial charge is 0.226 e. The minimum absolute atomic E-state index is 0.0900. The van der Waals surface area contributed by atoms with E-state index in [0.717, 1.165) is 11.3 Å². The van der Waals surface area contributed by atoms with E-state index in [1.165, 1.54) is 0 Å². The molecule has 0 bridgehead atoms. The van der Waals surface area contributed by atoms with Gasteiger partial charge in [0.2, 0.25) is 5.91 Å². The van der Waals surface area contributed by atoms with E-state index < -0.39 is 5.60 Å². The summed E-state index contributed by atoms with van der Waals surface area (Å²) in [5, 5.41) is 10.8. The van der Waals surface area contributed by atoms with Crippen LogP contribution in [0, 0.1) is 0 Å². The summed E-state index contributed by atoms with van der Waals surface area (Å²) in [6.45, 7) is 3.66. The van der Waals surface area contributed by atoms with E-state index in [4.69, 9.17) is 4.74 Å². The van der Waals surface area contributed by atoms with Gasteiger partial charge in [-0.2, -0.15) is 0 Å². The lowest BCUT2D eigenvalue weighted by Gasteiger charge is -2.37. The molecule has 5 nitrogen and oxygen atoms in total. The molecule has 5 heteroatoms. The molecule has 0 aliphatic carbocycles. The van der Waals surface area contributed by atoms with Crippen LogP contribution in [0.5, 0.6) is 5.75 Å². The molecule has 1 aliphatic rings. The van der Waals surface area contributed by atoms with Crippen LogP contribution in [0.1, 0.15) is 31.0 Å². The number of hydrogen-bond donors (Lipinski definition) is 1. The molecular weight excluding hydrogens is 316 g/mol. The van der Waals surface area contributed by atoms with Gasteiger partial charge in [-0.15, -0.1) is 0 Å². The van der Waals surface area contributed by atoms with Gasteiger partial charge < -0.3 is 14.7 Å². The van der Waals surface area contributed by atoms with Crippen molar-refractivity contribution in [1.82, 2.24) is 9.88 Å². The molecule has 2 heterocycles. The Morgan fingerprint density at radius 3 is 2.52 bits per heavy atom. The third-order valence-corrected chi connectivity index (χ3v) is 4.67. The number of piperidine rings is 1. The van der Waals surface area contributed by atoms with Crippen LogP contribution in [0.4, 0.5) is 0 Å². The van der Waals surface area contributed by atoms with E-state index in [1.54, 1.807) is 6.20 Å². The molecule has 1 aliphatic heterocycles. The molecule has 132 valence electrons. The Kier molecular flexibility index (Phi) is 5.34. The second-order valence-corrected chi connectivity index (χ2v) is 6.38. The molecule has 3 rings (SSSR count). The Hall–Kier alpha value is -2.40. The first-order chi connectivity index (χ1) is 12.1. The highest BCUT2D eigenvalue weighted by Gasteiger charge is 2.36. The summed E-state index contributed by atoms with van der Waals surface area (Å²) in [6.07, 6.45) is 3.09. The number of ether oxygens (including phenoxy) is 1. The van der Waals surface area contributed by atoms with Crippen molar-refractivity contribution >= 4 is 5.91 Å². The third-order valence-electron chi connectivity index (χ3n) is 4.67. The van der Waals surface area contributed by atoms with Crippen LogP contribution < -0.4 is 4.74 Å². The van der Waals surface area contributed by atoms with Crippen molar-refractivity contribution in [3.05, 3.63) is 59.9 Å². The van der Waals surface area contributed by atoms with E-state index in [-0.39, 0.29) is 5.91 Å². The zero-order chi connectivity index (χ0) is 17.7. The molecule has 1 N–H and O–H groups in total. The Bertz CT molecular complexity index is 693. The Morgan fingerprint density at radius 1 is 1.20 bits per heavy atom. The molecule has 2 aromatic rings. The van der Waals surface area contributed by atoms with E-state index in [9.17, 15) is 9.90 Å². The summed E-state index contributed by atoms with van der Waals surface area (Å²) in [4.78, 5) is 18.6. The van der Waals surface area contributed by atoms with Crippen LogP contribution >= 0.6 is 0 Å². The number of amides is 1. The predicted octanol–water partition coefficient (Wildman–Crippen LogP) is 2.53. The number of hydrogen-bond acceptors (Lipinski definition) is 4. The van der Waals surface area contributed by atoms with E-state index in [2.05, 4.69) is 4.98 Å². The normalized spacial score (nSPS) is 16.5. The fourth-order valence-corrected chi connectivity index (χ4v) is 3.18. The summed E-state index contributed by atoms with van der Waals surface area (Å²) in [5.74, 6) is 0.907. The number of benzene rings is 1. The molecule has 1 amide bonds. The van der Waals surface area contributed by atoms with Crippen molar-refractivity contribution < 1.29 is 14.6 Å². The van der Waals surface area contributed by atoms with Crippen LogP contribution in [0.15, 0.2) is 48.7 Å². The first-order valence-corrected chi connectivity index (χ1v) is 8.74. The standard InChI is InChI=1S/C20H24N2O3/c1-2-25-17-8-6-16(7-9-17)15-19(23)22-13-10-20(24,11-14-22)18-5-3-4-12-21-18/h3-9,12,24H,2,10-11,13-15H2,1H3. The summed E-state index contributed by atoms with van der Waals surface area (Å²) < 4.78 is 5.42. The SMILES string of the molecule is CCOc1ccc(CC(=O)N2CCC(O)(c3ccccn3)CC2)cc1. The van der Waals surface area contributed by atoms with E-state index in [0.29, 0.717) is 44.7 Å². The summed E-state index contributed by atoms with van der Waals surface area (Å²) in [6, 6.07) is 13.2. The average Bonchev–Trinajstić information content (AvgIpc) is 2.65. The van der Waals surface area contributed by atoms with Crippen molar-refractivity contribution in [1.29, 1.82) is 0 Å². The van der Waals surface area contributed by atoms with Gasteiger partial charge in [0.05, 0.1) is 18.7 Å². The average molecular weight is 340 g/mol. The van der Waals surface area contributed by atoms with Crippen LogP contribution in [0.2, 0.25) is 0 Å². The number of aliphatic hydroxyl groups is 1. The highest BCUT2D eigenvalue weighted by atomic mass is 16.5. The monoisotopic (exact) mass is 340 g/mol. The maximum atomic E-state index is 12.5. The first-order valence-electron chi connectivity index (χ1n) is 8.74. The van der Waals surface area contributed by atoms with Gasteiger partial charge in [0.15, 0.2) is 0 Å². The molecule has 1 aromatic heterocycles. The van der Waals surface area contributed by atoms with Gasteiger partial charge in [0, 0.05) is 19.3 Å². The maximum Gasteiger partial charge on any atom is 0.226 e. The topological polar surface area (TPSA) is 62.7 Å². The molecule has 25 heavy (non-hydrogen) atoms. The second-order valence-electron chi connectivity index (χ2n) is 6.38. The number of likely N-dealkylation sites (tertiary alicyclic amines) is 1. The summed E-state index contributed by atoms with van der Waals surface area (Å²) in [7, 11) is 0. The largest absolute Gasteiger partial charge is 0.494 e. The molecule has 0 saturated carbocycles. The lowest BCUT2D eigenvalue weighted by Crippen LogP contribution is -2.46.